The second kappa shape index (κ2) is 6.11. The zero-order valence-corrected chi connectivity index (χ0v) is 13.1. The molecule has 0 spiro atoms. The van der Waals surface area contributed by atoms with E-state index in [0.29, 0.717) is 0 Å². The van der Waals surface area contributed by atoms with Gasteiger partial charge in [-0.1, -0.05) is 12.1 Å². The molecule has 2 aromatic heterocycles. The van der Waals surface area contributed by atoms with Crippen molar-refractivity contribution in [1.29, 1.82) is 0 Å². The average Bonchev–Trinajstić information content (AvgIpc) is 3.11. The van der Waals surface area contributed by atoms with E-state index in [-0.39, 0.29) is 11.9 Å². The predicted octanol–water partition coefficient (Wildman–Crippen LogP) is 3.22. The van der Waals surface area contributed by atoms with Crippen molar-refractivity contribution in [2.75, 3.05) is 0 Å². The van der Waals surface area contributed by atoms with Crippen molar-refractivity contribution in [3.8, 4) is 0 Å². The fourth-order valence-electron chi connectivity index (χ4n) is 2.13. The first-order valence-electron chi connectivity index (χ1n) is 6.97. The fourth-order valence-corrected chi connectivity index (χ4v) is 2.71. The maximum atomic E-state index is 12.0. The number of aromatic nitrogens is 3. The van der Waals surface area contributed by atoms with Gasteiger partial charge in [0.1, 0.15) is 5.82 Å². The van der Waals surface area contributed by atoms with Crippen LogP contribution in [0.2, 0.25) is 0 Å². The highest BCUT2D eigenvalue weighted by Gasteiger charge is 2.12. The number of fused-ring (bicyclic) bond motifs is 1. The summed E-state index contributed by atoms with van der Waals surface area (Å²) in [6.07, 6.45) is 3.21. The van der Waals surface area contributed by atoms with Gasteiger partial charge in [-0.15, -0.1) is 11.3 Å². The average molecular weight is 312 g/mol. The van der Waals surface area contributed by atoms with Gasteiger partial charge < -0.3 is 10.3 Å². The Morgan fingerprint density at radius 3 is 2.91 bits per heavy atom. The summed E-state index contributed by atoms with van der Waals surface area (Å²) in [5, 5.41) is 5.79. The van der Waals surface area contributed by atoms with E-state index < -0.39 is 0 Å². The third-order valence-electron chi connectivity index (χ3n) is 3.22. The van der Waals surface area contributed by atoms with Gasteiger partial charge in [0.05, 0.1) is 27.8 Å². The van der Waals surface area contributed by atoms with Gasteiger partial charge in [-0.3, -0.25) is 4.79 Å². The van der Waals surface area contributed by atoms with E-state index in [9.17, 15) is 4.79 Å². The third kappa shape index (κ3) is 3.23. The van der Waals surface area contributed by atoms with Crippen molar-refractivity contribution in [2.24, 2.45) is 0 Å². The van der Waals surface area contributed by atoms with Crippen molar-refractivity contribution in [3.05, 3.63) is 52.2 Å². The predicted molar refractivity (Wildman–Crippen MR) is 88.5 cm³/mol. The molecule has 1 aromatic carbocycles. The summed E-state index contributed by atoms with van der Waals surface area (Å²) in [4.78, 5) is 23.9. The number of imidazole rings is 1. The molecule has 0 fully saturated rings. The van der Waals surface area contributed by atoms with E-state index in [1.165, 1.54) is 6.08 Å². The molecule has 2 N–H and O–H groups in total. The molecule has 112 valence electrons. The van der Waals surface area contributed by atoms with Crippen molar-refractivity contribution in [1.82, 2.24) is 20.3 Å². The summed E-state index contributed by atoms with van der Waals surface area (Å²) < 4.78 is 0. The largest absolute Gasteiger partial charge is 0.343 e. The molecule has 0 aliphatic rings. The lowest BCUT2D eigenvalue weighted by Crippen LogP contribution is -2.25. The van der Waals surface area contributed by atoms with E-state index >= 15 is 0 Å². The van der Waals surface area contributed by atoms with Gasteiger partial charge in [-0.05, 0) is 32.1 Å². The zero-order chi connectivity index (χ0) is 15.5. The Morgan fingerprint density at radius 1 is 1.36 bits per heavy atom. The minimum absolute atomic E-state index is 0.168. The molecule has 3 aromatic rings. The number of amides is 1. The Morgan fingerprint density at radius 2 is 2.18 bits per heavy atom. The van der Waals surface area contributed by atoms with E-state index in [1.807, 2.05) is 43.5 Å². The molecular formula is C16H16N4OS. The normalized spacial score (nSPS) is 12.8. The highest BCUT2D eigenvalue weighted by atomic mass is 32.1. The van der Waals surface area contributed by atoms with Gasteiger partial charge in [-0.2, -0.15) is 0 Å². The minimum atomic E-state index is -0.193. The lowest BCUT2D eigenvalue weighted by atomic mass is 10.3. The first kappa shape index (κ1) is 14.5. The third-order valence-corrected chi connectivity index (χ3v) is 4.01. The summed E-state index contributed by atoms with van der Waals surface area (Å²) in [6.45, 7) is 3.84. The molecule has 1 amide bonds. The van der Waals surface area contributed by atoms with Crippen molar-refractivity contribution >= 4 is 34.4 Å². The quantitative estimate of drug-likeness (QED) is 0.727. The number of thiazole rings is 1. The summed E-state index contributed by atoms with van der Waals surface area (Å²) >= 11 is 1.56. The molecule has 0 radical (unpaired) electrons. The fraction of sp³-hybridized carbons (Fsp3) is 0.188. The Hall–Kier alpha value is -2.47. The number of hydrogen-bond donors (Lipinski definition) is 2. The number of carbonyl (C=O) groups is 1. The molecule has 3 rings (SSSR count). The second-order valence-corrected chi connectivity index (χ2v) is 6.06. The topological polar surface area (TPSA) is 70.7 Å². The molecular weight excluding hydrogens is 296 g/mol. The standard InChI is InChI=1S/C16H16N4OS/c1-10(16-19-13-5-3-4-6-14(13)20-16)17-15(21)8-7-12-9-22-11(2)18-12/h3-10H,1-2H3,(H,17,21)(H,19,20)/b8-7+. The van der Waals surface area contributed by atoms with Gasteiger partial charge in [0.15, 0.2) is 0 Å². The Kier molecular flexibility index (Phi) is 4.02. The molecule has 1 unspecified atom stereocenters. The molecule has 6 heteroatoms. The van der Waals surface area contributed by atoms with Gasteiger partial charge in [0.25, 0.3) is 0 Å². The van der Waals surface area contributed by atoms with Crippen molar-refractivity contribution in [2.45, 2.75) is 19.9 Å². The molecule has 1 atom stereocenters. The van der Waals surface area contributed by atoms with Crippen LogP contribution in [0, 0.1) is 6.92 Å². The molecule has 0 aliphatic heterocycles. The maximum Gasteiger partial charge on any atom is 0.244 e. The maximum absolute atomic E-state index is 12.0. The van der Waals surface area contributed by atoms with Gasteiger partial charge in [-0.25, -0.2) is 9.97 Å². The highest BCUT2D eigenvalue weighted by molar-refractivity contribution is 7.09. The van der Waals surface area contributed by atoms with Crippen LogP contribution >= 0.6 is 11.3 Å². The van der Waals surface area contributed by atoms with Gasteiger partial charge >= 0.3 is 0 Å². The number of para-hydroxylation sites is 2. The van der Waals surface area contributed by atoms with Crippen molar-refractivity contribution < 1.29 is 4.79 Å². The first-order valence-corrected chi connectivity index (χ1v) is 7.85. The highest BCUT2D eigenvalue weighted by Crippen LogP contribution is 2.15. The monoisotopic (exact) mass is 312 g/mol. The number of aromatic amines is 1. The molecule has 22 heavy (non-hydrogen) atoms. The van der Waals surface area contributed by atoms with Crippen LogP contribution in [-0.2, 0) is 4.79 Å². The number of H-pyrrole nitrogens is 1. The van der Waals surface area contributed by atoms with Crippen LogP contribution in [0.1, 0.15) is 29.5 Å². The number of nitrogens with zero attached hydrogens (tertiary/aromatic N) is 2. The molecule has 0 aliphatic carbocycles. The number of aryl methyl sites for hydroxylation is 1. The van der Waals surface area contributed by atoms with Crippen molar-refractivity contribution in [3.63, 3.8) is 0 Å². The molecule has 2 heterocycles. The van der Waals surface area contributed by atoms with Crippen LogP contribution in [-0.4, -0.2) is 20.9 Å². The van der Waals surface area contributed by atoms with Crippen LogP contribution in [0.4, 0.5) is 0 Å². The van der Waals surface area contributed by atoms with E-state index in [0.717, 1.165) is 27.6 Å². The molecule has 0 saturated carbocycles. The van der Waals surface area contributed by atoms with Crippen LogP contribution in [0.25, 0.3) is 17.1 Å². The lowest BCUT2D eigenvalue weighted by Gasteiger charge is -2.08. The second-order valence-electron chi connectivity index (χ2n) is 4.99. The Balaban J connectivity index is 1.66. The summed E-state index contributed by atoms with van der Waals surface area (Å²) in [7, 11) is 0. The van der Waals surface area contributed by atoms with E-state index in [2.05, 4.69) is 20.3 Å². The number of hydrogen-bond acceptors (Lipinski definition) is 4. The minimum Gasteiger partial charge on any atom is -0.343 e. The molecule has 0 bridgehead atoms. The lowest BCUT2D eigenvalue weighted by molar-refractivity contribution is -0.117. The van der Waals surface area contributed by atoms with Gasteiger partial charge in [0.2, 0.25) is 5.91 Å². The zero-order valence-electron chi connectivity index (χ0n) is 12.3. The van der Waals surface area contributed by atoms with Gasteiger partial charge in [0, 0.05) is 11.5 Å². The smallest absolute Gasteiger partial charge is 0.244 e. The molecule has 5 nitrogen and oxygen atoms in total. The van der Waals surface area contributed by atoms with Crippen LogP contribution in [0.5, 0.6) is 0 Å². The first-order chi connectivity index (χ1) is 10.6. The van der Waals surface area contributed by atoms with E-state index in [1.54, 1.807) is 17.4 Å². The number of rotatable bonds is 4. The number of nitrogens with one attached hydrogen (secondary N) is 2. The Labute approximate surface area is 132 Å². The summed E-state index contributed by atoms with van der Waals surface area (Å²) in [6, 6.07) is 7.60. The summed E-state index contributed by atoms with van der Waals surface area (Å²) in [5.41, 5.74) is 2.66. The number of benzene rings is 1. The molecule has 0 saturated heterocycles. The van der Waals surface area contributed by atoms with Crippen LogP contribution in [0.15, 0.2) is 35.7 Å². The Bertz CT molecular complexity index is 800. The van der Waals surface area contributed by atoms with Crippen LogP contribution < -0.4 is 5.32 Å². The summed E-state index contributed by atoms with van der Waals surface area (Å²) in [5.74, 6) is 0.575. The van der Waals surface area contributed by atoms with Crippen LogP contribution in [0.3, 0.4) is 0 Å². The SMILES string of the molecule is Cc1nc(/C=C/C(=O)NC(C)c2nc3ccccc3[nH]2)cs1. The van der Waals surface area contributed by atoms with E-state index in [4.69, 9.17) is 0 Å². The number of carbonyl (C=O) groups excluding carboxylic acids is 1.